The summed E-state index contributed by atoms with van der Waals surface area (Å²) >= 11 is 0. The van der Waals surface area contributed by atoms with E-state index in [0.29, 0.717) is 40.8 Å². The number of carbonyl (C=O) groups excluding carboxylic acids is 1. The molecule has 0 aliphatic rings. The van der Waals surface area contributed by atoms with Crippen LogP contribution in [0.15, 0.2) is 60.8 Å². The van der Waals surface area contributed by atoms with Crippen molar-refractivity contribution in [2.24, 2.45) is 0 Å². The van der Waals surface area contributed by atoms with Crippen molar-refractivity contribution in [2.45, 2.75) is 20.3 Å². The molecule has 1 amide bonds. The summed E-state index contributed by atoms with van der Waals surface area (Å²) in [6.07, 6.45) is 2.34. The van der Waals surface area contributed by atoms with Gasteiger partial charge in [0.1, 0.15) is 23.1 Å². The molecule has 2 aromatic carbocycles. The van der Waals surface area contributed by atoms with Gasteiger partial charge in [-0.15, -0.1) is 0 Å². The lowest BCUT2D eigenvalue weighted by molar-refractivity contribution is -0.115. The summed E-state index contributed by atoms with van der Waals surface area (Å²) < 4.78 is 5.78. The molecule has 0 saturated carbocycles. The van der Waals surface area contributed by atoms with Gasteiger partial charge in [-0.05, 0) is 54.6 Å². The van der Waals surface area contributed by atoms with Crippen molar-refractivity contribution >= 4 is 17.4 Å². The zero-order valence-corrected chi connectivity index (χ0v) is 15.1. The van der Waals surface area contributed by atoms with E-state index in [0.717, 1.165) is 0 Å². The zero-order chi connectivity index (χ0) is 19.2. The van der Waals surface area contributed by atoms with Crippen molar-refractivity contribution in [3.05, 3.63) is 72.2 Å². The van der Waals surface area contributed by atoms with Crippen molar-refractivity contribution < 1.29 is 9.53 Å². The first kappa shape index (κ1) is 18.1. The summed E-state index contributed by atoms with van der Waals surface area (Å²) in [4.78, 5) is 22.3. The number of benzene rings is 2. The zero-order valence-electron chi connectivity index (χ0n) is 15.1. The number of anilines is 2. The minimum Gasteiger partial charge on any atom is -0.457 e. The van der Waals surface area contributed by atoms with Gasteiger partial charge in [-0.3, -0.25) is 9.69 Å². The Bertz CT molecular complexity index is 976. The minimum atomic E-state index is -0.142. The topological polar surface area (TPSA) is 79.1 Å². The van der Waals surface area contributed by atoms with E-state index in [4.69, 9.17) is 10.00 Å². The number of nitrogens with zero attached hydrogens (tertiary/aromatic N) is 4. The van der Waals surface area contributed by atoms with E-state index in [9.17, 15) is 4.79 Å². The third-order valence-corrected chi connectivity index (χ3v) is 3.87. The number of amides is 1. The van der Waals surface area contributed by atoms with Crippen LogP contribution in [0, 0.1) is 11.3 Å². The predicted octanol–water partition coefficient (Wildman–Crippen LogP) is 4.39. The van der Waals surface area contributed by atoms with Crippen molar-refractivity contribution in [3.8, 4) is 17.6 Å². The number of aryl methyl sites for hydroxylation is 1. The maximum absolute atomic E-state index is 12.2. The molecule has 3 aromatic rings. The summed E-state index contributed by atoms with van der Waals surface area (Å²) in [7, 11) is 0. The lowest BCUT2D eigenvalue weighted by atomic mass is 10.2. The van der Waals surface area contributed by atoms with E-state index in [1.807, 2.05) is 6.92 Å². The summed E-state index contributed by atoms with van der Waals surface area (Å²) in [6, 6.07) is 17.8. The van der Waals surface area contributed by atoms with Crippen LogP contribution < -0.4 is 9.64 Å². The van der Waals surface area contributed by atoms with Crippen LogP contribution in [0.4, 0.5) is 11.5 Å². The molecule has 1 heterocycles. The second-order valence-corrected chi connectivity index (χ2v) is 5.77. The standard InChI is InChI=1S/C21H18N4O2/c1-3-20-23-13-12-21(24-20)25(15(2)26)17-6-10-19(11-7-17)27-18-8-4-16(14-22)5-9-18/h4-13H,3H2,1-2H3. The van der Waals surface area contributed by atoms with Crippen molar-refractivity contribution in [3.63, 3.8) is 0 Å². The SMILES string of the molecule is CCc1nccc(N(C(C)=O)c2ccc(Oc3ccc(C#N)cc3)cc2)n1. The van der Waals surface area contributed by atoms with Gasteiger partial charge in [0.25, 0.3) is 0 Å². The van der Waals surface area contributed by atoms with Gasteiger partial charge in [-0.2, -0.15) is 5.26 Å². The van der Waals surface area contributed by atoms with Gasteiger partial charge in [-0.25, -0.2) is 9.97 Å². The van der Waals surface area contributed by atoms with Crippen LogP contribution in [0.5, 0.6) is 11.5 Å². The van der Waals surface area contributed by atoms with E-state index in [1.165, 1.54) is 11.8 Å². The Morgan fingerprint density at radius 1 is 1.07 bits per heavy atom. The van der Waals surface area contributed by atoms with Gasteiger partial charge in [0.15, 0.2) is 0 Å². The smallest absolute Gasteiger partial charge is 0.229 e. The average molecular weight is 358 g/mol. The molecule has 0 saturated heterocycles. The first-order valence-corrected chi connectivity index (χ1v) is 8.51. The Hall–Kier alpha value is -3.72. The minimum absolute atomic E-state index is 0.142. The Labute approximate surface area is 157 Å². The third kappa shape index (κ3) is 4.28. The first-order valence-electron chi connectivity index (χ1n) is 8.51. The molecule has 6 heteroatoms. The molecule has 1 aromatic heterocycles. The maximum atomic E-state index is 12.2. The Morgan fingerprint density at radius 3 is 2.26 bits per heavy atom. The van der Waals surface area contributed by atoms with Gasteiger partial charge < -0.3 is 4.74 Å². The van der Waals surface area contributed by atoms with E-state index in [2.05, 4.69) is 16.0 Å². The van der Waals surface area contributed by atoms with Crippen LogP contribution in [0.1, 0.15) is 25.2 Å². The normalized spacial score (nSPS) is 10.1. The monoisotopic (exact) mass is 358 g/mol. The summed E-state index contributed by atoms with van der Waals surface area (Å²) in [5.74, 6) is 2.34. The molecule has 0 atom stereocenters. The quantitative estimate of drug-likeness (QED) is 0.676. The highest BCUT2D eigenvalue weighted by Crippen LogP contribution is 2.28. The summed E-state index contributed by atoms with van der Waals surface area (Å²) in [5, 5.41) is 8.84. The number of hydrogen-bond donors (Lipinski definition) is 0. The van der Waals surface area contributed by atoms with Crippen LogP contribution in [0.25, 0.3) is 0 Å². The van der Waals surface area contributed by atoms with E-state index in [-0.39, 0.29) is 5.91 Å². The van der Waals surface area contributed by atoms with Gasteiger partial charge >= 0.3 is 0 Å². The van der Waals surface area contributed by atoms with Gasteiger partial charge in [0.2, 0.25) is 5.91 Å². The van der Waals surface area contributed by atoms with Crippen LogP contribution >= 0.6 is 0 Å². The molecule has 0 fully saturated rings. The van der Waals surface area contributed by atoms with Gasteiger partial charge in [0, 0.05) is 19.5 Å². The molecular formula is C21H18N4O2. The number of aromatic nitrogens is 2. The molecule has 0 aliphatic heterocycles. The molecule has 0 radical (unpaired) electrons. The van der Waals surface area contributed by atoms with E-state index >= 15 is 0 Å². The number of nitriles is 1. The van der Waals surface area contributed by atoms with Crippen molar-refractivity contribution in [1.29, 1.82) is 5.26 Å². The molecule has 0 bridgehead atoms. The molecule has 0 spiro atoms. The van der Waals surface area contributed by atoms with Crippen molar-refractivity contribution in [1.82, 2.24) is 9.97 Å². The maximum Gasteiger partial charge on any atom is 0.229 e. The van der Waals surface area contributed by atoms with Crippen LogP contribution in [-0.2, 0) is 11.2 Å². The fourth-order valence-corrected chi connectivity index (χ4v) is 2.56. The second kappa shape index (κ2) is 8.11. The molecular weight excluding hydrogens is 340 g/mol. The Balaban J connectivity index is 1.83. The lowest BCUT2D eigenvalue weighted by Crippen LogP contribution is -2.24. The number of carbonyl (C=O) groups is 1. The number of ether oxygens (including phenoxy) is 1. The average Bonchev–Trinajstić information content (AvgIpc) is 2.70. The first-order chi connectivity index (χ1) is 13.1. The summed E-state index contributed by atoms with van der Waals surface area (Å²) in [6.45, 7) is 3.46. The molecule has 0 aliphatic carbocycles. The van der Waals surface area contributed by atoms with Crippen LogP contribution in [0.2, 0.25) is 0 Å². The molecule has 134 valence electrons. The summed E-state index contributed by atoms with van der Waals surface area (Å²) in [5.41, 5.74) is 1.27. The van der Waals surface area contributed by atoms with Crippen LogP contribution in [0.3, 0.4) is 0 Å². The highest BCUT2D eigenvalue weighted by Gasteiger charge is 2.16. The molecule has 27 heavy (non-hydrogen) atoms. The highest BCUT2D eigenvalue weighted by molar-refractivity contribution is 5.98. The van der Waals surface area contributed by atoms with E-state index in [1.54, 1.807) is 60.8 Å². The van der Waals surface area contributed by atoms with Gasteiger partial charge in [-0.1, -0.05) is 6.92 Å². The van der Waals surface area contributed by atoms with Gasteiger partial charge in [0.05, 0.1) is 17.3 Å². The van der Waals surface area contributed by atoms with E-state index < -0.39 is 0 Å². The Morgan fingerprint density at radius 2 is 1.70 bits per heavy atom. The lowest BCUT2D eigenvalue weighted by Gasteiger charge is -2.20. The van der Waals surface area contributed by atoms with Crippen molar-refractivity contribution in [2.75, 3.05) is 4.90 Å². The largest absolute Gasteiger partial charge is 0.457 e. The number of hydrogen-bond acceptors (Lipinski definition) is 5. The number of rotatable bonds is 5. The highest BCUT2D eigenvalue weighted by atomic mass is 16.5. The predicted molar refractivity (Wildman–Crippen MR) is 102 cm³/mol. The second-order valence-electron chi connectivity index (χ2n) is 5.77. The fraction of sp³-hybridized carbons (Fsp3) is 0.143. The molecule has 3 rings (SSSR count). The molecule has 0 N–H and O–H groups in total. The Kier molecular flexibility index (Phi) is 5.43. The molecule has 6 nitrogen and oxygen atoms in total. The third-order valence-electron chi connectivity index (χ3n) is 3.87. The fourth-order valence-electron chi connectivity index (χ4n) is 2.56. The molecule has 0 unspecified atom stereocenters. The van der Waals surface area contributed by atoms with Crippen LogP contribution in [-0.4, -0.2) is 15.9 Å².